The van der Waals surface area contributed by atoms with Gasteiger partial charge < -0.3 is 25.4 Å². The van der Waals surface area contributed by atoms with Gasteiger partial charge in [0.1, 0.15) is 11.5 Å². The second kappa shape index (κ2) is 13.2. The van der Waals surface area contributed by atoms with Crippen molar-refractivity contribution >= 4 is 56.6 Å². The van der Waals surface area contributed by atoms with E-state index in [9.17, 15) is 9.00 Å². The number of benzene rings is 4. The summed E-state index contributed by atoms with van der Waals surface area (Å²) in [5.41, 5.74) is 5.60. The fraction of sp³-hybridized carbons (Fsp3) is 0.156. The Kier molecular flexibility index (Phi) is 9.02. The van der Waals surface area contributed by atoms with Gasteiger partial charge in [-0.3, -0.25) is 9.52 Å². The quantitative estimate of drug-likeness (QED) is 0.142. The molecular formula is C32H32N6O4S. The SMILES string of the molecule is COc1cc(Nc2nc3ccccc3nc2NS(=O)c2cccc(NC(=O)CNc3cccc(C)c3C)c2)cc(OC)c1. The van der Waals surface area contributed by atoms with Gasteiger partial charge in [0.25, 0.3) is 0 Å². The molecule has 10 nitrogen and oxygen atoms in total. The largest absolute Gasteiger partial charge is 0.497 e. The van der Waals surface area contributed by atoms with Crippen molar-refractivity contribution in [2.75, 3.05) is 41.4 Å². The number of carbonyl (C=O) groups excluding carboxylic acids is 1. The minimum Gasteiger partial charge on any atom is -0.497 e. The van der Waals surface area contributed by atoms with Crippen molar-refractivity contribution in [1.29, 1.82) is 0 Å². The molecule has 0 aliphatic carbocycles. The van der Waals surface area contributed by atoms with Crippen molar-refractivity contribution in [3.05, 3.63) is 96.1 Å². The van der Waals surface area contributed by atoms with E-state index in [1.807, 2.05) is 56.3 Å². The van der Waals surface area contributed by atoms with E-state index in [2.05, 4.69) is 25.7 Å². The summed E-state index contributed by atoms with van der Waals surface area (Å²) in [6, 6.07) is 25.5. The van der Waals surface area contributed by atoms with Crippen LogP contribution < -0.4 is 30.1 Å². The Morgan fingerprint density at radius 2 is 1.47 bits per heavy atom. The highest BCUT2D eigenvalue weighted by atomic mass is 32.2. The van der Waals surface area contributed by atoms with Gasteiger partial charge in [-0.2, -0.15) is 0 Å². The number of hydrogen-bond acceptors (Lipinski definition) is 8. The van der Waals surface area contributed by atoms with Crippen LogP contribution in [0.15, 0.2) is 89.8 Å². The lowest BCUT2D eigenvalue weighted by molar-refractivity contribution is -0.114. The highest BCUT2D eigenvalue weighted by molar-refractivity contribution is 7.86. The molecule has 1 heterocycles. The summed E-state index contributed by atoms with van der Waals surface area (Å²) in [4.78, 5) is 22.5. The number of anilines is 5. The Morgan fingerprint density at radius 1 is 0.791 bits per heavy atom. The Labute approximate surface area is 252 Å². The van der Waals surface area contributed by atoms with E-state index in [-0.39, 0.29) is 18.3 Å². The van der Waals surface area contributed by atoms with Crippen LogP contribution in [0.3, 0.4) is 0 Å². The fourth-order valence-corrected chi connectivity index (χ4v) is 5.21. The van der Waals surface area contributed by atoms with Gasteiger partial charge in [-0.05, 0) is 61.4 Å². The number of nitrogens with zero attached hydrogens (tertiary/aromatic N) is 2. The molecule has 1 unspecified atom stereocenters. The molecule has 0 saturated heterocycles. The highest BCUT2D eigenvalue weighted by Gasteiger charge is 2.15. The minimum absolute atomic E-state index is 0.0899. The van der Waals surface area contributed by atoms with E-state index in [4.69, 9.17) is 14.5 Å². The zero-order valence-corrected chi connectivity index (χ0v) is 25.0. The number of carbonyl (C=O) groups is 1. The molecule has 220 valence electrons. The van der Waals surface area contributed by atoms with Crippen LogP contribution in [-0.4, -0.2) is 40.8 Å². The summed E-state index contributed by atoms with van der Waals surface area (Å²) in [6.45, 7) is 4.13. The first-order chi connectivity index (χ1) is 20.8. The summed E-state index contributed by atoms with van der Waals surface area (Å²) >= 11 is 0. The van der Waals surface area contributed by atoms with Crippen LogP contribution in [0.2, 0.25) is 0 Å². The molecule has 1 atom stereocenters. The minimum atomic E-state index is -1.73. The summed E-state index contributed by atoms with van der Waals surface area (Å²) in [5.74, 6) is 1.61. The van der Waals surface area contributed by atoms with Crippen molar-refractivity contribution in [2.45, 2.75) is 18.7 Å². The highest BCUT2D eigenvalue weighted by Crippen LogP contribution is 2.31. The number of aromatic nitrogens is 2. The monoisotopic (exact) mass is 596 g/mol. The fourth-order valence-electron chi connectivity index (χ4n) is 4.33. The predicted molar refractivity (Wildman–Crippen MR) is 172 cm³/mol. The number of rotatable bonds is 11. The lowest BCUT2D eigenvalue weighted by Crippen LogP contribution is -2.22. The Balaban J connectivity index is 1.34. The Morgan fingerprint density at radius 3 is 2.16 bits per heavy atom. The van der Waals surface area contributed by atoms with Crippen LogP contribution in [0.1, 0.15) is 11.1 Å². The molecule has 5 rings (SSSR count). The van der Waals surface area contributed by atoms with Crippen molar-refractivity contribution < 1.29 is 18.5 Å². The van der Waals surface area contributed by atoms with Crippen molar-refractivity contribution in [2.24, 2.45) is 0 Å². The molecule has 0 fully saturated rings. The molecule has 0 bridgehead atoms. The lowest BCUT2D eigenvalue weighted by atomic mass is 10.1. The molecule has 5 aromatic rings. The van der Waals surface area contributed by atoms with Crippen molar-refractivity contribution in [1.82, 2.24) is 9.97 Å². The van der Waals surface area contributed by atoms with E-state index < -0.39 is 11.0 Å². The second-order valence-electron chi connectivity index (χ2n) is 9.68. The second-order valence-corrected chi connectivity index (χ2v) is 10.9. The molecule has 4 N–H and O–H groups in total. The van der Waals surface area contributed by atoms with Crippen LogP contribution in [-0.2, 0) is 15.8 Å². The number of hydrogen-bond donors (Lipinski definition) is 4. The summed E-state index contributed by atoms with van der Waals surface area (Å²) in [6.07, 6.45) is 0. The lowest BCUT2D eigenvalue weighted by Gasteiger charge is -2.15. The van der Waals surface area contributed by atoms with Gasteiger partial charge in [-0.15, -0.1) is 0 Å². The van der Waals surface area contributed by atoms with Gasteiger partial charge in [0.2, 0.25) is 5.91 Å². The maximum absolute atomic E-state index is 13.5. The first-order valence-electron chi connectivity index (χ1n) is 13.5. The van der Waals surface area contributed by atoms with E-state index in [1.165, 1.54) is 0 Å². The van der Waals surface area contributed by atoms with Gasteiger partial charge in [0, 0.05) is 35.3 Å². The van der Waals surface area contributed by atoms with Gasteiger partial charge in [0.05, 0.1) is 36.7 Å². The van der Waals surface area contributed by atoms with Crippen LogP contribution in [0.4, 0.5) is 28.7 Å². The van der Waals surface area contributed by atoms with E-state index in [1.54, 1.807) is 56.7 Å². The number of nitrogens with one attached hydrogen (secondary N) is 4. The summed E-state index contributed by atoms with van der Waals surface area (Å²) < 4.78 is 27.3. The van der Waals surface area contributed by atoms with Crippen LogP contribution in [0.5, 0.6) is 11.5 Å². The molecule has 0 aliphatic rings. The molecule has 1 aromatic heterocycles. The third-order valence-corrected chi connectivity index (χ3v) is 7.81. The summed E-state index contributed by atoms with van der Waals surface area (Å²) in [7, 11) is 1.41. The third kappa shape index (κ3) is 7.19. The topological polar surface area (TPSA) is 127 Å². The zero-order chi connectivity index (χ0) is 30.3. The van der Waals surface area contributed by atoms with Crippen molar-refractivity contribution in [3.8, 4) is 11.5 Å². The van der Waals surface area contributed by atoms with Gasteiger partial charge in [-0.25, -0.2) is 14.2 Å². The zero-order valence-electron chi connectivity index (χ0n) is 24.2. The van der Waals surface area contributed by atoms with Crippen LogP contribution >= 0.6 is 0 Å². The molecule has 0 saturated carbocycles. The van der Waals surface area contributed by atoms with Gasteiger partial charge >= 0.3 is 0 Å². The average molecular weight is 597 g/mol. The maximum Gasteiger partial charge on any atom is 0.243 e. The van der Waals surface area contributed by atoms with E-state index >= 15 is 0 Å². The summed E-state index contributed by atoms with van der Waals surface area (Å²) in [5, 5.41) is 9.29. The number of para-hydroxylation sites is 2. The molecule has 43 heavy (non-hydrogen) atoms. The van der Waals surface area contributed by atoms with Gasteiger partial charge in [0.15, 0.2) is 22.6 Å². The first kappa shape index (κ1) is 29.3. The van der Waals surface area contributed by atoms with E-state index in [0.29, 0.717) is 44.6 Å². The molecule has 1 amide bonds. The molecule has 4 aromatic carbocycles. The standard InChI is InChI=1S/C32H32N6O4S/c1-20-9-7-14-27(21(20)2)33-19-30(39)34-22-10-8-11-26(17-22)43(40)38-32-31(36-28-12-5-6-13-29(28)37-32)35-23-15-24(41-3)18-25(16-23)42-4/h5-18,33H,19H2,1-4H3,(H,34,39)(H,35,36)(H,37,38). The Hall–Kier alpha value is -5.16. The number of fused-ring (bicyclic) bond motifs is 1. The molecule has 11 heteroatoms. The number of ether oxygens (including phenoxy) is 2. The predicted octanol–water partition coefficient (Wildman–Crippen LogP) is 6.19. The van der Waals surface area contributed by atoms with E-state index in [0.717, 1.165) is 16.8 Å². The third-order valence-electron chi connectivity index (χ3n) is 6.75. The molecule has 0 spiro atoms. The molecular weight excluding hydrogens is 564 g/mol. The van der Waals surface area contributed by atoms with Crippen LogP contribution in [0.25, 0.3) is 11.0 Å². The van der Waals surface area contributed by atoms with Crippen molar-refractivity contribution in [3.63, 3.8) is 0 Å². The average Bonchev–Trinajstić information content (AvgIpc) is 3.02. The maximum atomic E-state index is 13.5. The van der Waals surface area contributed by atoms with Gasteiger partial charge in [-0.1, -0.05) is 30.3 Å². The molecule has 0 radical (unpaired) electrons. The van der Waals surface area contributed by atoms with Crippen LogP contribution in [0, 0.1) is 13.8 Å². The number of methoxy groups -OCH3 is 2. The smallest absolute Gasteiger partial charge is 0.243 e. The Bertz CT molecular complexity index is 1790. The number of aryl methyl sites for hydroxylation is 1. The normalized spacial score (nSPS) is 11.4. The first-order valence-corrected chi connectivity index (χ1v) is 14.6. The molecule has 0 aliphatic heterocycles. The number of amides is 1.